The Morgan fingerprint density at radius 2 is 1.97 bits per heavy atom. The number of benzene rings is 2. The zero-order chi connectivity index (χ0) is 23.2. The standard InChI is InChI=1S/C26H26N4O4/c1-33-23-14-19(18-5-7-22-20(13-18)9-11-34-22)4-6-21(23)30-24(27-28-26(30)32)12-16-8-10-29(15-16)25(31)17-2-3-17/h4-7,9,11,13-14,16-17H,2-3,8,10,12,15H2,1H3,(H,28,32)/t16-/m0/s1. The molecule has 34 heavy (non-hydrogen) atoms. The maximum absolute atomic E-state index is 12.7. The molecule has 2 fully saturated rings. The quantitative estimate of drug-likeness (QED) is 0.475. The van der Waals surface area contributed by atoms with E-state index in [0.717, 1.165) is 54.4 Å². The predicted molar refractivity (Wildman–Crippen MR) is 127 cm³/mol. The highest BCUT2D eigenvalue weighted by Crippen LogP contribution is 2.34. The van der Waals surface area contributed by atoms with Crippen LogP contribution in [0.25, 0.3) is 27.8 Å². The molecule has 2 aliphatic rings. The van der Waals surface area contributed by atoms with Gasteiger partial charge in [-0.05, 0) is 66.6 Å². The number of methoxy groups -OCH3 is 1. The first-order valence-corrected chi connectivity index (χ1v) is 11.7. The van der Waals surface area contributed by atoms with E-state index in [0.29, 0.717) is 23.7 Å². The average Bonchev–Trinajstić information content (AvgIpc) is 3.24. The molecule has 0 unspecified atom stereocenters. The van der Waals surface area contributed by atoms with Gasteiger partial charge in [0.05, 0.1) is 19.1 Å². The number of carbonyl (C=O) groups excluding carboxylic acids is 1. The van der Waals surface area contributed by atoms with Crippen LogP contribution < -0.4 is 10.4 Å². The summed E-state index contributed by atoms with van der Waals surface area (Å²) in [5, 5.41) is 7.94. The van der Waals surface area contributed by atoms with Crippen LogP contribution in [0.2, 0.25) is 0 Å². The van der Waals surface area contributed by atoms with Gasteiger partial charge in [-0.25, -0.2) is 14.5 Å². The third-order valence-electron chi connectivity index (χ3n) is 6.94. The SMILES string of the molecule is COc1cc(-c2ccc3occc3c2)ccc1-n1c(C[C@@H]2CCN(C(=O)C3CC3)C2)n[nH]c1=O. The summed E-state index contributed by atoms with van der Waals surface area (Å²) in [5.74, 6) is 2.05. The van der Waals surface area contributed by atoms with Gasteiger partial charge in [-0.1, -0.05) is 12.1 Å². The molecule has 4 aromatic rings. The number of ether oxygens (including phenoxy) is 1. The van der Waals surface area contributed by atoms with E-state index < -0.39 is 0 Å². The highest BCUT2D eigenvalue weighted by atomic mass is 16.5. The van der Waals surface area contributed by atoms with Crippen molar-refractivity contribution in [1.29, 1.82) is 0 Å². The van der Waals surface area contributed by atoms with Gasteiger partial charge < -0.3 is 14.1 Å². The summed E-state index contributed by atoms with van der Waals surface area (Å²) in [6.07, 6.45) is 5.26. The molecular formula is C26H26N4O4. The van der Waals surface area contributed by atoms with Gasteiger partial charge >= 0.3 is 5.69 Å². The number of carbonyl (C=O) groups is 1. The number of aromatic nitrogens is 3. The molecule has 0 bridgehead atoms. The summed E-state index contributed by atoms with van der Waals surface area (Å²) >= 11 is 0. The van der Waals surface area contributed by atoms with Crippen molar-refractivity contribution in [2.45, 2.75) is 25.7 Å². The summed E-state index contributed by atoms with van der Waals surface area (Å²) in [6.45, 7) is 1.51. The monoisotopic (exact) mass is 458 g/mol. The van der Waals surface area contributed by atoms with Crippen LogP contribution in [0.15, 0.2) is 57.9 Å². The first-order chi connectivity index (χ1) is 16.6. The van der Waals surface area contributed by atoms with Crippen LogP contribution in [0, 0.1) is 11.8 Å². The molecule has 174 valence electrons. The Morgan fingerprint density at radius 1 is 1.15 bits per heavy atom. The molecule has 1 saturated carbocycles. The number of rotatable bonds is 6. The Kier molecular flexibility index (Phi) is 5.01. The number of amides is 1. The van der Waals surface area contributed by atoms with E-state index in [2.05, 4.69) is 16.3 Å². The number of hydrogen-bond acceptors (Lipinski definition) is 5. The van der Waals surface area contributed by atoms with Crippen LogP contribution in [-0.2, 0) is 11.2 Å². The molecule has 8 nitrogen and oxygen atoms in total. The molecule has 1 amide bonds. The van der Waals surface area contributed by atoms with Crippen LogP contribution in [0.3, 0.4) is 0 Å². The third kappa shape index (κ3) is 3.69. The number of likely N-dealkylation sites (tertiary alicyclic amines) is 1. The maximum atomic E-state index is 12.7. The molecule has 2 aromatic carbocycles. The van der Waals surface area contributed by atoms with E-state index in [4.69, 9.17) is 9.15 Å². The Balaban J connectivity index is 1.28. The summed E-state index contributed by atoms with van der Waals surface area (Å²) in [6, 6.07) is 13.8. The molecule has 0 radical (unpaired) electrons. The molecule has 0 spiro atoms. The summed E-state index contributed by atoms with van der Waals surface area (Å²) in [7, 11) is 1.60. The van der Waals surface area contributed by atoms with E-state index in [1.807, 2.05) is 41.3 Å². The van der Waals surface area contributed by atoms with Crippen molar-refractivity contribution in [3.8, 4) is 22.6 Å². The molecule has 3 heterocycles. The lowest BCUT2D eigenvalue weighted by Gasteiger charge is -2.17. The van der Waals surface area contributed by atoms with E-state index in [1.54, 1.807) is 17.9 Å². The molecule has 6 rings (SSSR count). The van der Waals surface area contributed by atoms with Gasteiger partial charge in [0.1, 0.15) is 17.2 Å². The molecule has 1 saturated heterocycles. The minimum Gasteiger partial charge on any atom is -0.495 e. The maximum Gasteiger partial charge on any atom is 0.348 e. The van der Waals surface area contributed by atoms with Gasteiger partial charge in [-0.3, -0.25) is 4.79 Å². The van der Waals surface area contributed by atoms with Gasteiger partial charge in [0.2, 0.25) is 5.91 Å². The lowest BCUT2D eigenvalue weighted by molar-refractivity contribution is -0.131. The van der Waals surface area contributed by atoms with Crippen LogP contribution in [0.4, 0.5) is 0 Å². The van der Waals surface area contributed by atoms with Crippen LogP contribution in [-0.4, -0.2) is 45.8 Å². The lowest BCUT2D eigenvalue weighted by Crippen LogP contribution is -2.30. The zero-order valence-electron chi connectivity index (χ0n) is 19.0. The number of nitrogens with zero attached hydrogens (tertiary/aromatic N) is 3. The number of nitrogens with one attached hydrogen (secondary N) is 1. The fourth-order valence-electron chi connectivity index (χ4n) is 4.95. The van der Waals surface area contributed by atoms with Crippen molar-refractivity contribution in [3.63, 3.8) is 0 Å². The van der Waals surface area contributed by atoms with E-state index >= 15 is 0 Å². The second-order valence-electron chi connectivity index (χ2n) is 9.26. The number of furan rings is 1. The van der Waals surface area contributed by atoms with Gasteiger partial charge in [-0.15, -0.1) is 0 Å². The van der Waals surface area contributed by atoms with Crippen LogP contribution in [0.5, 0.6) is 5.75 Å². The Labute approximate surface area is 196 Å². The Hall–Kier alpha value is -3.81. The van der Waals surface area contributed by atoms with Crippen LogP contribution in [0.1, 0.15) is 25.1 Å². The predicted octanol–water partition coefficient (Wildman–Crippen LogP) is 3.78. The molecular weight excluding hydrogens is 432 g/mol. The molecule has 8 heteroatoms. The second kappa shape index (κ2) is 8.20. The Morgan fingerprint density at radius 3 is 2.79 bits per heavy atom. The van der Waals surface area contributed by atoms with Crippen LogP contribution >= 0.6 is 0 Å². The Bertz CT molecular complexity index is 1430. The molecule has 2 aromatic heterocycles. The smallest absolute Gasteiger partial charge is 0.348 e. The number of fused-ring (bicyclic) bond motifs is 1. The average molecular weight is 459 g/mol. The minimum atomic E-state index is -0.301. The van der Waals surface area contributed by atoms with Crippen molar-refractivity contribution >= 4 is 16.9 Å². The highest BCUT2D eigenvalue weighted by Gasteiger charge is 2.37. The van der Waals surface area contributed by atoms with Crippen molar-refractivity contribution in [1.82, 2.24) is 19.7 Å². The van der Waals surface area contributed by atoms with Gasteiger partial charge in [0.25, 0.3) is 0 Å². The second-order valence-corrected chi connectivity index (χ2v) is 9.26. The number of hydrogen-bond donors (Lipinski definition) is 1. The van der Waals surface area contributed by atoms with E-state index in [-0.39, 0.29) is 23.4 Å². The zero-order valence-corrected chi connectivity index (χ0v) is 19.0. The van der Waals surface area contributed by atoms with E-state index in [1.165, 1.54) is 0 Å². The molecule has 1 aliphatic carbocycles. The molecule has 1 aliphatic heterocycles. The van der Waals surface area contributed by atoms with Crippen molar-refractivity contribution < 1.29 is 13.9 Å². The summed E-state index contributed by atoms with van der Waals surface area (Å²) < 4.78 is 12.7. The molecule has 1 atom stereocenters. The highest BCUT2D eigenvalue weighted by molar-refractivity contribution is 5.84. The largest absolute Gasteiger partial charge is 0.495 e. The van der Waals surface area contributed by atoms with Crippen molar-refractivity contribution in [3.05, 3.63) is 65.0 Å². The van der Waals surface area contributed by atoms with Crippen molar-refractivity contribution in [2.24, 2.45) is 11.8 Å². The first-order valence-electron chi connectivity index (χ1n) is 11.7. The molecule has 1 N–H and O–H groups in total. The fraction of sp³-hybridized carbons (Fsp3) is 0.346. The normalized spacial score (nSPS) is 18.0. The summed E-state index contributed by atoms with van der Waals surface area (Å²) in [5.41, 5.74) is 3.20. The van der Waals surface area contributed by atoms with Gasteiger partial charge in [0.15, 0.2) is 0 Å². The number of H-pyrrole nitrogens is 1. The first kappa shape index (κ1) is 20.8. The minimum absolute atomic E-state index is 0.235. The van der Waals surface area contributed by atoms with E-state index in [9.17, 15) is 9.59 Å². The van der Waals surface area contributed by atoms with Crippen molar-refractivity contribution in [2.75, 3.05) is 20.2 Å². The summed E-state index contributed by atoms with van der Waals surface area (Å²) in [4.78, 5) is 27.1. The fourth-order valence-corrected chi connectivity index (χ4v) is 4.95. The van der Waals surface area contributed by atoms with Gasteiger partial charge in [-0.2, -0.15) is 5.10 Å². The topological polar surface area (TPSA) is 93.4 Å². The number of aromatic amines is 1. The third-order valence-corrected chi connectivity index (χ3v) is 6.94. The lowest BCUT2D eigenvalue weighted by atomic mass is 10.0. The van der Waals surface area contributed by atoms with Gasteiger partial charge in [0, 0.05) is 30.8 Å².